The van der Waals surface area contributed by atoms with E-state index < -0.39 is 0 Å². The van der Waals surface area contributed by atoms with E-state index in [-0.39, 0.29) is 0 Å². The maximum Gasteiger partial charge on any atom is 0.114 e. The quantitative estimate of drug-likeness (QED) is 0.787. The van der Waals surface area contributed by atoms with Crippen LogP contribution in [-0.2, 0) is 0 Å². The molecular formula is C11H13N3S. The summed E-state index contributed by atoms with van der Waals surface area (Å²) < 4.78 is 0. The Bertz CT molecular complexity index is 366. The van der Waals surface area contributed by atoms with E-state index in [1.54, 1.807) is 24.0 Å². The van der Waals surface area contributed by atoms with E-state index in [1.165, 1.54) is 12.8 Å². The number of nitrogens with zero attached hydrogens (tertiary/aromatic N) is 2. The van der Waals surface area contributed by atoms with Crippen molar-refractivity contribution in [2.24, 2.45) is 0 Å². The molecule has 0 unspecified atom stereocenters. The molecular weight excluding hydrogens is 206 g/mol. The first-order chi connectivity index (χ1) is 7.40. The van der Waals surface area contributed by atoms with Gasteiger partial charge in [-0.2, -0.15) is 5.26 Å². The van der Waals surface area contributed by atoms with Crippen molar-refractivity contribution in [1.82, 2.24) is 10.3 Å². The molecule has 1 aliphatic rings. The van der Waals surface area contributed by atoms with Crippen molar-refractivity contribution >= 4 is 11.8 Å². The van der Waals surface area contributed by atoms with Gasteiger partial charge in [0.05, 0.1) is 5.56 Å². The molecule has 0 amide bonds. The van der Waals surface area contributed by atoms with Gasteiger partial charge in [0, 0.05) is 18.0 Å². The second-order valence-corrected chi connectivity index (χ2v) is 4.58. The Kier molecular flexibility index (Phi) is 3.59. The first-order valence-electron chi connectivity index (χ1n) is 5.11. The molecule has 0 saturated carbocycles. The summed E-state index contributed by atoms with van der Waals surface area (Å²) in [6.07, 6.45) is 4.24. The fourth-order valence-electron chi connectivity index (χ4n) is 1.67. The fraction of sp³-hybridized carbons (Fsp3) is 0.455. The van der Waals surface area contributed by atoms with Gasteiger partial charge in [-0.25, -0.2) is 4.98 Å². The summed E-state index contributed by atoms with van der Waals surface area (Å²) in [5.41, 5.74) is 0.681. The van der Waals surface area contributed by atoms with Crippen LogP contribution in [0.5, 0.6) is 0 Å². The lowest BCUT2D eigenvalue weighted by Crippen LogP contribution is -2.23. The smallest absolute Gasteiger partial charge is 0.114 e. The van der Waals surface area contributed by atoms with Crippen LogP contribution in [0.25, 0.3) is 0 Å². The third kappa shape index (κ3) is 2.71. The van der Waals surface area contributed by atoms with Gasteiger partial charge in [0.15, 0.2) is 0 Å². The largest absolute Gasteiger partial charge is 0.313 e. The predicted octanol–water partition coefficient (Wildman–Crippen LogP) is 1.80. The second-order valence-electron chi connectivity index (χ2n) is 3.57. The highest BCUT2D eigenvalue weighted by Crippen LogP contribution is 2.22. The third-order valence-corrected chi connectivity index (χ3v) is 3.64. The van der Waals surface area contributed by atoms with Crippen molar-refractivity contribution in [2.75, 3.05) is 12.3 Å². The molecule has 4 heteroatoms. The Morgan fingerprint density at radius 3 is 3.33 bits per heavy atom. The van der Waals surface area contributed by atoms with Crippen molar-refractivity contribution in [3.05, 3.63) is 23.9 Å². The Morgan fingerprint density at radius 2 is 2.60 bits per heavy atom. The van der Waals surface area contributed by atoms with Crippen LogP contribution < -0.4 is 5.32 Å². The Hall–Kier alpha value is -1.05. The molecule has 2 rings (SSSR count). The summed E-state index contributed by atoms with van der Waals surface area (Å²) in [7, 11) is 0. The van der Waals surface area contributed by atoms with Crippen molar-refractivity contribution < 1.29 is 0 Å². The zero-order valence-electron chi connectivity index (χ0n) is 8.44. The number of hydrogen-bond acceptors (Lipinski definition) is 4. The van der Waals surface area contributed by atoms with E-state index in [0.29, 0.717) is 11.6 Å². The predicted molar refractivity (Wildman–Crippen MR) is 60.7 cm³/mol. The van der Waals surface area contributed by atoms with Crippen molar-refractivity contribution in [3.63, 3.8) is 0 Å². The molecule has 0 spiro atoms. The summed E-state index contributed by atoms with van der Waals surface area (Å²) >= 11 is 1.67. The lowest BCUT2D eigenvalue weighted by molar-refractivity contribution is 0.673. The van der Waals surface area contributed by atoms with Crippen LogP contribution in [0.3, 0.4) is 0 Å². The molecule has 1 aromatic rings. The fourth-order valence-corrected chi connectivity index (χ4v) is 2.72. The highest BCUT2D eigenvalue weighted by molar-refractivity contribution is 7.99. The summed E-state index contributed by atoms with van der Waals surface area (Å²) in [6, 6.07) is 6.37. The number of thioether (sulfide) groups is 1. The summed E-state index contributed by atoms with van der Waals surface area (Å²) in [6.45, 7) is 1.12. The molecule has 1 aliphatic heterocycles. The van der Waals surface area contributed by atoms with Gasteiger partial charge in [-0.3, -0.25) is 0 Å². The first kappa shape index (κ1) is 10.5. The van der Waals surface area contributed by atoms with E-state index >= 15 is 0 Å². The highest BCUT2D eigenvalue weighted by atomic mass is 32.2. The van der Waals surface area contributed by atoms with Crippen molar-refractivity contribution in [1.29, 1.82) is 5.26 Å². The molecule has 15 heavy (non-hydrogen) atoms. The van der Waals surface area contributed by atoms with E-state index in [0.717, 1.165) is 17.3 Å². The molecule has 3 nitrogen and oxygen atoms in total. The van der Waals surface area contributed by atoms with Gasteiger partial charge >= 0.3 is 0 Å². The van der Waals surface area contributed by atoms with Gasteiger partial charge < -0.3 is 5.32 Å². The molecule has 1 aromatic heterocycles. The van der Waals surface area contributed by atoms with Crippen LogP contribution in [0.1, 0.15) is 18.4 Å². The third-order valence-electron chi connectivity index (χ3n) is 2.48. The van der Waals surface area contributed by atoms with Crippen LogP contribution in [0, 0.1) is 11.3 Å². The van der Waals surface area contributed by atoms with E-state index in [4.69, 9.17) is 5.26 Å². The summed E-state index contributed by atoms with van der Waals surface area (Å²) in [5.74, 6) is 1.01. The minimum Gasteiger partial charge on any atom is -0.313 e. The van der Waals surface area contributed by atoms with Crippen molar-refractivity contribution in [3.8, 4) is 6.07 Å². The van der Waals surface area contributed by atoms with Gasteiger partial charge in [-0.05, 0) is 31.5 Å². The maximum atomic E-state index is 8.89. The number of nitriles is 1. The molecule has 0 bridgehead atoms. The highest BCUT2D eigenvalue weighted by Gasteiger charge is 2.15. The van der Waals surface area contributed by atoms with Gasteiger partial charge in [0.1, 0.15) is 11.1 Å². The molecule has 0 aliphatic carbocycles. The van der Waals surface area contributed by atoms with E-state index in [9.17, 15) is 0 Å². The molecule has 78 valence electrons. The molecule has 1 saturated heterocycles. The number of pyridine rings is 1. The SMILES string of the molecule is N#Cc1cccnc1SC[C@@H]1CCCN1. The lowest BCUT2D eigenvalue weighted by atomic mass is 10.3. The van der Waals surface area contributed by atoms with Gasteiger partial charge in [-0.1, -0.05) is 0 Å². The zero-order chi connectivity index (χ0) is 10.5. The number of hydrogen-bond donors (Lipinski definition) is 1. The molecule has 1 N–H and O–H groups in total. The number of rotatable bonds is 3. The lowest BCUT2D eigenvalue weighted by Gasteiger charge is -2.09. The molecule has 0 radical (unpaired) electrons. The minimum atomic E-state index is 0.587. The molecule has 1 fully saturated rings. The second kappa shape index (κ2) is 5.15. The van der Waals surface area contributed by atoms with Crippen LogP contribution >= 0.6 is 11.8 Å². The van der Waals surface area contributed by atoms with E-state index in [2.05, 4.69) is 16.4 Å². The first-order valence-corrected chi connectivity index (χ1v) is 6.10. The molecule has 2 heterocycles. The van der Waals surface area contributed by atoms with Crippen LogP contribution in [0.2, 0.25) is 0 Å². The van der Waals surface area contributed by atoms with Gasteiger partial charge in [0.25, 0.3) is 0 Å². The minimum absolute atomic E-state index is 0.587. The van der Waals surface area contributed by atoms with Gasteiger partial charge in [-0.15, -0.1) is 11.8 Å². The number of nitrogens with one attached hydrogen (secondary N) is 1. The van der Waals surface area contributed by atoms with Crippen LogP contribution in [0.4, 0.5) is 0 Å². The average Bonchev–Trinajstić information content (AvgIpc) is 2.79. The summed E-state index contributed by atoms with van der Waals surface area (Å²) in [4.78, 5) is 4.22. The average molecular weight is 219 g/mol. The Morgan fingerprint density at radius 1 is 1.67 bits per heavy atom. The topological polar surface area (TPSA) is 48.7 Å². The van der Waals surface area contributed by atoms with E-state index in [1.807, 2.05) is 6.07 Å². The van der Waals surface area contributed by atoms with Crippen molar-refractivity contribution in [2.45, 2.75) is 23.9 Å². The molecule has 1 atom stereocenters. The number of aromatic nitrogens is 1. The van der Waals surface area contributed by atoms with Crippen LogP contribution in [0.15, 0.2) is 23.4 Å². The standard InChI is InChI=1S/C11H13N3S/c12-7-9-3-1-6-14-11(9)15-8-10-4-2-5-13-10/h1,3,6,10,13H,2,4-5,8H2/t10-/m0/s1. The Labute approximate surface area is 93.9 Å². The maximum absolute atomic E-state index is 8.89. The summed E-state index contributed by atoms with van der Waals surface area (Å²) in [5, 5.41) is 13.2. The van der Waals surface area contributed by atoms with Crippen LogP contribution in [-0.4, -0.2) is 23.3 Å². The zero-order valence-corrected chi connectivity index (χ0v) is 9.26. The normalized spacial score (nSPS) is 20.1. The Balaban J connectivity index is 1.95. The molecule has 0 aromatic carbocycles. The van der Waals surface area contributed by atoms with Gasteiger partial charge in [0.2, 0.25) is 0 Å². The monoisotopic (exact) mass is 219 g/mol.